The zero-order chi connectivity index (χ0) is 22.8. The average molecular weight is 437 g/mol. The standard InChI is InChI=1S/C28H24N2O3/c1-19-22(15-17-33-19)18-27(31)29-23-12-10-21(11-13-23)28(32)30-16-14-20-6-2-3-7-24(20)25-8-4-5-9-26(25)30/h2-13,15,17H,14,16,18H2,1H3,(H,29,31). The van der Waals surface area contributed by atoms with Crippen molar-refractivity contribution in [2.24, 2.45) is 0 Å². The van der Waals surface area contributed by atoms with Crippen molar-refractivity contribution in [3.63, 3.8) is 0 Å². The first-order chi connectivity index (χ1) is 16.1. The molecule has 2 amide bonds. The van der Waals surface area contributed by atoms with Gasteiger partial charge in [-0.3, -0.25) is 9.59 Å². The lowest BCUT2D eigenvalue weighted by Crippen LogP contribution is -2.32. The highest BCUT2D eigenvalue weighted by atomic mass is 16.3. The largest absolute Gasteiger partial charge is 0.469 e. The highest BCUT2D eigenvalue weighted by Crippen LogP contribution is 2.36. The second kappa shape index (κ2) is 8.79. The number of nitrogens with zero attached hydrogens (tertiary/aromatic N) is 1. The highest BCUT2D eigenvalue weighted by molar-refractivity contribution is 6.09. The Hall–Kier alpha value is -4.12. The molecule has 0 bridgehead atoms. The van der Waals surface area contributed by atoms with Gasteiger partial charge in [0.15, 0.2) is 0 Å². The molecule has 0 atom stereocenters. The Morgan fingerprint density at radius 1 is 0.909 bits per heavy atom. The predicted octanol–water partition coefficient (Wildman–Crippen LogP) is 5.64. The molecule has 1 aromatic heterocycles. The highest BCUT2D eigenvalue weighted by Gasteiger charge is 2.24. The number of nitrogens with one attached hydrogen (secondary N) is 1. The van der Waals surface area contributed by atoms with E-state index >= 15 is 0 Å². The Balaban J connectivity index is 1.35. The van der Waals surface area contributed by atoms with Crippen LogP contribution in [0.2, 0.25) is 0 Å². The van der Waals surface area contributed by atoms with Crippen molar-refractivity contribution < 1.29 is 14.0 Å². The molecule has 1 aliphatic rings. The van der Waals surface area contributed by atoms with Gasteiger partial charge in [-0.15, -0.1) is 0 Å². The molecule has 5 nitrogen and oxygen atoms in total. The molecular formula is C28H24N2O3. The molecule has 0 unspecified atom stereocenters. The van der Waals surface area contributed by atoms with Crippen molar-refractivity contribution in [1.29, 1.82) is 0 Å². The SMILES string of the molecule is Cc1occc1CC(=O)Nc1ccc(C(=O)N2CCc3ccccc3-c3ccccc32)cc1. The third kappa shape index (κ3) is 4.17. The van der Waals surface area contributed by atoms with Gasteiger partial charge in [0.05, 0.1) is 18.4 Å². The summed E-state index contributed by atoms with van der Waals surface area (Å²) in [5.74, 6) is 0.561. The van der Waals surface area contributed by atoms with Crippen LogP contribution in [0.3, 0.4) is 0 Å². The fraction of sp³-hybridized carbons (Fsp3) is 0.143. The topological polar surface area (TPSA) is 62.6 Å². The number of hydrogen-bond acceptors (Lipinski definition) is 3. The number of carbonyl (C=O) groups excluding carboxylic acids is 2. The summed E-state index contributed by atoms with van der Waals surface area (Å²) in [4.78, 5) is 27.7. The predicted molar refractivity (Wildman–Crippen MR) is 129 cm³/mol. The molecule has 33 heavy (non-hydrogen) atoms. The van der Waals surface area contributed by atoms with Gasteiger partial charge in [0.2, 0.25) is 5.91 Å². The molecule has 5 rings (SSSR count). The Morgan fingerprint density at radius 3 is 2.39 bits per heavy atom. The van der Waals surface area contributed by atoms with Crippen molar-refractivity contribution in [2.45, 2.75) is 19.8 Å². The molecule has 2 heterocycles. The molecule has 0 spiro atoms. The number of carbonyl (C=O) groups is 2. The van der Waals surface area contributed by atoms with Gasteiger partial charge >= 0.3 is 0 Å². The van der Waals surface area contributed by atoms with Gasteiger partial charge in [-0.25, -0.2) is 0 Å². The maximum atomic E-state index is 13.5. The first kappa shape index (κ1) is 20.8. The number of para-hydroxylation sites is 1. The van der Waals surface area contributed by atoms with E-state index in [1.165, 1.54) is 11.1 Å². The summed E-state index contributed by atoms with van der Waals surface area (Å²) in [6, 6.07) is 25.2. The number of aryl methyl sites for hydroxylation is 1. The number of fused-ring (bicyclic) bond motifs is 3. The minimum atomic E-state index is -0.127. The van der Waals surface area contributed by atoms with Crippen LogP contribution >= 0.6 is 0 Å². The van der Waals surface area contributed by atoms with E-state index in [0.717, 1.165) is 29.0 Å². The van der Waals surface area contributed by atoms with Crippen LogP contribution in [0.5, 0.6) is 0 Å². The normalized spacial score (nSPS) is 12.5. The van der Waals surface area contributed by atoms with Crippen molar-refractivity contribution in [1.82, 2.24) is 0 Å². The zero-order valence-electron chi connectivity index (χ0n) is 18.4. The van der Waals surface area contributed by atoms with Gasteiger partial charge in [-0.05, 0) is 60.9 Å². The van der Waals surface area contributed by atoms with E-state index in [9.17, 15) is 9.59 Å². The Labute approximate surface area is 192 Å². The molecule has 164 valence electrons. The quantitative estimate of drug-likeness (QED) is 0.450. The Bertz CT molecular complexity index is 1320. The lowest BCUT2D eigenvalue weighted by molar-refractivity contribution is -0.115. The van der Waals surface area contributed by atoms with E-state index in [1.807, 2.05) is 42.2 Å². The molecule has 5 heteroatoms. The van der Waals surface area contributed by atoms with Gasteiger partial charge in [-0.2, -0.15) is 0 Å². The molecule has 0 aliphatic carbocycles. The molecule has 0 saturated heterocycles. The van der Waals surface area contributed by atoms with E-state index in [0.29, 0.717) is 17.8 Å². The lowest BCUT2D eigenvalue weighted by Gasteiger charge is -2.23. The number of benzene rings is 3. The monoisotopic (exact) mass is 436 g/mol. The van der Waals surface area contributed by atoms with E-state index in [1.54, 1.807) is 36.6 Å². The maximum Gasteiger partial charge on any atom is 0.258 e. The van der Waals surface area contributed by atoms with E-state index in [-0.39, 0.29) is 18.2 Å². The summed E-state index contributed by atoms with van der Waals surface area (Å²) in [7, 11) is 0. The van der Waals surface area contributed by atoms with Gasteiger partial charge in [0.1, 0.15) is 5.76 Å². The summed E-state index contributed by atoms with van der Waals surface area (Å²) in [6.45, 7) is 2.44. The maximum absolute atomic E-state index is 13.5. The third-order valence-corrected chi connectivity index (χ3v) is 6.09. The summed E-state index contributed by atoms with van der Waals surface area (Å²) >= 11 is 0. The van der Waals surface area contributed by atoms with Gasteiger partial charge in [-0.1, -0.05) is 42.5 Å². The fourth-order valence-electron chi connectivity index (χ4n) is 4.33. The second-order valence-corrected chi connectivity index (χ2v) is 8.19. The number of hydrogen-bond donors (Lipinski definition) is 1. The van der Waals surface area contributed by atoms with Crippen LogP contribution in [0.4, 0.5) is 11.4 Å². The van der Waals surface area contributed by atoms with Crippen molar-refractivity contribution in [3.8, 4) is 11.1 Å². The average Bonchev–Trinajstić information content (AvgIpc) is 3.15. The van der Waals surface area contributed by atoms with E-state index < -0.39 is 0 Å². The summed E-state index contributed by atoms with van der Waals surface area (Å²) in [5, 5.41) is 2.89. The molecule has 1 N–H and O–H groups in total. The number of rotatable bonds is 4. The second-order valence-electron chi connectivity index (χ2n) is 8.19. The molecule has 3 aromatic carbocycles. The summed E-state index contributed by atoms with van der Waals surface area (Å²) in [6.07, 6.45) is 2.62. The molecule has 1 aliphatic heterocycles. The van der Waals surface area contributed by atoms with Gasteiger partial charge < -0.3 is 14.6 Å². The summed E-state index contributed by atoms with van der Waals surface area (Å²) in [5.41, 5.74) is 6.50. The first-order valence-electron chi connectivity index (χ1n) is 11.0. The van der Waals surface area contributed by atoms with Crippen LogP contribution in [0.25, 0.3) is 11.1 Å². The Kier molecular flexibility index (Phi) is 5.53. The van der Waals surface area contributed by atoms with Crippen LogP contribution in [-0.2, 0) is 17.6 Å². The van der Waals surface area contributed by atoms with Crippen molar-refractivity contribution in [2.75, 3.05) is 16.8 Å². The van der Waals surface area contributed by atoms with Crippen LogP contribution in [0.15, 0.2) is 89.5 Å². The summed E-state index contributed by atoms with van der Waals surface area (Å²) < 4.78 is 5.25. The number of amides is 2. The zero-order valence-corrected chi connectivity index (χ0v) is 18.4. The fourth-order valence-corrected chi connectivity index (χ4v) is 4.33. The minimum absolute atomic E-state index is 0.0536. The van der Waals surface area contributed by atoms with Gasteiger partial charge in [0, 0.05) is 28.9 Å². The molecule has 4 aromatic rings. The first-order valence-corrected chi connectivity index (χ1v) is 11.0. The van der Waals surface area contributed by atoms with Gasteiger partial charge in [0.25, 0.3) is 5.91 Å². The minimum Gasteiger partial charge on any atom is -0.469 e. The van der Waals surface area contributed by atoms with Crippen LogP contribution in [-0.4, -0.2) is 18.4 Å². The van der Waals surface area contributed by atoms with Crippen molar-refractivity contribution in [3.05, 3.63) is 108 Å². The molecule has 0 radical (unpaired) electrons. The van der Waals surface area contributed by atoms with Crippen LogP contribution < -0.4 is 10.2 Å². The Morgan fingerprint density at radius 2 is 1.64 bits per heavy atom. The van der Waals surface area contributed by atoms with E-state index in [4.69, 9.17) is 4.42 Å². The van der Waals surface area contributed by atoms with Crippen LogP contribution in [0, 0.1) is 6.92 Å². The smallest absolute Gasteiger partial charge is 0.258 e. The molecular weight excluding hydrogens is 412 g/mol. The third-order valence-electron chi connectivity index (χ3n) is 6.09. The number of anilines is 2. The van der Waals surface area contributed by atoms with E-state index in [2.05, 4.69) is 23.5 Å². The number of furan rings is 1. The van der Waals surface area contributed by atoms with Crippen LogP contribution in [0.1, 0.15) is 27.2 Å². The molecule has 0 fully saturated rings. The van der Waals surface area contributed by atoms with Crippen molar-refractivity contribution >= 4 is 23.2 Å². The lowest BCUT2D eigenvalue weighted by atomic mass is 9.98. The molecule has 0 saturated carbocycles.